The number of fused-ring (bicyclic) bond motifs is 2. The SMILES string of the molecule is Cc1cn2cc(-c3cc(F)c4c(c3)C(O)NC(C3(F)CCNCC3)=N4)cnc2n1. The summed E-state index contributed by atoms with van der Waals surface area (Å²) in [7, 11) is 0. The summed E-state index contributed by atoms with van der Waals surface area (Å²) in [5.41, 5.74) is 0.563. The van der Waals surface area contributed by atoms with Gasteiger partial charge in [0, 0.05) is 42.6 Å². The van der Waals surface area contributed by atoms with Crippen LogP contribution in [0.3, 0.4) is 0 Å². The van der Waals surface area contributed by atoms with Crippen LogP contribution in [-0.4, -0.2) is 44.1 Å². The minimum Gasteiger partial charge on any atom is -0.369 e. The van der Waals surface area contributed by atoms with Crippen molar-refractivity contribution in [3.8, 4) is 11.1 Å². The molecule has 2 aliphatic heterocycles. The third-order valence-corrected chi connectivity index (χ3v) is 5.47. The molecule has 3 N–H and O–H groups in total. The fourth-order valence-electron chi connectivity index (χ4n) is 3.91. The maximum atomic E-state index is 15.3. The van der Waals surface area contributed by atoms with Gasteiger partial charge in [0.25, 0.3) is 0 Å². The van der Waals surface area contributed by atoms with E-state index in [1.54, 1.807) is 22.9 Å². The second-order valence-electron chi connectivity index (χ2n) is 7.55. The molecule has 5 rings (SSSR count). The number of imidazole rings is 1. The Morgan fingerprint density at radius 3 is 2.79 bits per heavy atom. The minimum atomic E-state index is -1.71. The van der Waals surface area contributed by atoms with E-state index < -0.39 is 17.7 Å². The lowest BCUT2D eigenvalue weighted by Gasteiger charge is -2.35. The van der Waals surface area contributed by atoms with Gasteiger partial charge in [-0.05, 0) is 37.7 Å². The summed E-state index contributed by atoms with van der Waals surface area (Å²) in [5.74, 6) is -0.0755. The van der Waals surface area contributed by atoms with Crippen molar-refractivity contribution in [3.05, 3.63) is 47.8 Å². The van der Waals surface area contributed by atoms with Crippen LogP contribution in [0.5, 0.6) is 0 Å². The lowest BCUT2D eigenvalue weighted by Crippen LogP contribution is -2.51. The van der Waals surface area contributed by atoms with Crippen LogP contribution in [0.15, 0.2) is 35.7 Å². The molecule has 0 aliphatic carbocycles. The second kappa shape index (κ2) is 6.57. The number of hydrogen-bond acceptors (Lipinski definition) is 6. The molecule has 3 aromatic rings. The smallest absolute Gasteiger partial charge is 0.233 e. The van der Waals surface area contributed by atoms with Gasteiger partial charge in [-0.25, -0.2) is 23.7 Å². The summed E-state index contributed by atoms with van der Waals surface area (Å²) in [6.45, 7) is 2.88. The summed E-state index contributed by atoms with van der Waals surface area (Å²) in [6.07, 6.45) is 4.42. The van der Waals surface area contributed by atoms with Crippen molar-refractivity contribution in [3.63, 3.8) is 0 Å². The summed E-state index contributed by atoms with van der Waals surface area (Å²) in [4.78, 5) is 12.8. The first-order valence-corrected chi connectivity index (χ1v) is 9.51. The first-order chi connectivity index (χ1) is 13.9. The van der Waals surface area contributed by atoms with E-state index >= 15 is 4.39 Å². The van der Waals surface area contributed by atoms with Gasteiger partial charge in [-0.15, -0.1) is 0 Å². The molecular weight excluding hydrogens is 378 g/mol. The Labute approximate surface area is 165 Å². The van der Waals surface area contributed by atoms with Crippen molar-refractivity contribution in [2.24, 2.45) is 4.99 Å². The van der Waals surface area contributed by atoms with Crippen LogP contribution in [0.1, 0.15) is 30.3 Å². The van der Waals surface area contributed by atoms with Crippen LogP contribution in [0.4, 0.5) is 14.5 Å². The molecule has 1 saturated heterocycles. The number of aliphatic hydroxyl groups is 1. The Morgan fingerprint density at radius 2 is 2.00 bits per heavy atom. The molecule has 2 aromatic heterocycles. The van der Waals surface area contributed by atoms with Gasteiger partial charge in [-0.2, -0.15) is 0 Å². The van der Waals surface area contributed by atoms with Crippen molar-refractivity contribution in [2.45, 2.75) is 31.7 Å². The van der Waals surface area contributed by atoms with E-state index in [0.717, 1.165) is 5.69 Å². The van der Waals surface area contributed by atoms with Crippen molar-refractivity contribution >= 4 is 17.3 Å². The molecule has 4 heterocycles. The number of alkyl halides is 1. The highest BCUT2D eigenvalue weighted by molar-refractivity contribution is 5.95. The third-order valence-electron chi connectivity index (χ3n) is 5.47. The molecule has 0 bridgehead atoms. The summed E-state index contributed by atoms with van der Waals surface area (Å²) < 4.78 is 32.0. The number of amidine groups is 1. The number of aromatic nitrogens is 3. The van der Waals surface area contributed by atoms with Crippen LogP contribution in [-0.2, 0) is 0 Å². The molecule has 2 aliphatic rings. The molecular formula is C20H20F2N6O. The second-order valence-corrected chi connectivity index (χ2v) is 7.55. The van der Waals surface area contributed by atoms with Crippen LogP contribution in [0, 0.1) is 12.7 Å². The van der Waals surface area contributed by atoms with Crippen LogP contribution in [0.25, 0.3) is 16.9 Å². The van der Waals surface area contributed by atoms with E-state index in [-0.39, 0.29) is 29.9 Å². The largest absolute Gasteiger partial charge is 0.369 e. The number of aryl methyl sites for hydroxylation is 1. The molecule has 1 atom stereocenters. The number of piperidine rings is 1. The summed E-state index contributed by atoms with van der Waals surface area (Å²) in [6, 6.07) is 2.98. The van der Waals surface area contributed by atoms with Crippen molar-refractivity contribution < 1.29 is 13.9 Å². The van der Waals surface area contributed by atoms with Gasteiger partial charge >= 0.3 is 0 Å². The van der Waals surface area contributed by atoms with Gasteiger partial charge in [-0.3, -0.25) is 4.40 Å². The average molecular weight is 398 g/mol. The lowest BCUT2D eigenvalue weighted by molar-refractivity contribution is 0.139. The van der Waals surface area contributed by atoms with Gasteiger partial charge < -0.3 is 15.7 Å². The zero-order chi connectivity index (χ0) is 20.2. The molecule has 29 heavy (non-hydrogen) atoms. The predicted molar refractivity (Wildman–Crippen MR) is 104 cm³/mol. The Bertz CT molecular complexity index is 1140. The van der Waals surface area contributed by atoms with Gasteiger partial charge in [0.05, 0.1) is 5.69 Å². The molecule has 9 heteroatoms. The normalized spacial score (nSPS) is 20.8. The number of halogens is 2. The first kappa shape index (κ1) is 18.1. The quantitative estimate of drug-likeness (QED) is 0.618. The molecule has 0 spiro atoms. The third kappa shape index (κ3) is 3.06. The fourth-order valence-corrected chi connectivity index (χ4v) is 3.91. The molecule has 1 fully saturated rings. The first-order valence-electron chi connectivity index (χ1n) is 9.51. The molecule has 7 nitrogen and oxygen atoms in total. The average Bonchev–Trinajstić information content (AvgIpc) is 3.08. The highest BCUT2D eigenvalue weighted by Gasteiger charge is 2.41. The number of nitrogens with zero attached hydrogens (tertiary/aromatic N) is 4. The number of hydrogen-bond donors (Lipinski definition) is 3. The molecule has 0 amide bonds. The number of benzene rings is 1. The Hall–Kier alpha value is -2.91. The highest BCUT2D eigenvalue weighted by Crippen LogP contribution is 2.38. The van der Waals surface area contributed by atoms with Crippen LogP contribution >= 0.6 is 0 Å². The number of nitrogens with one attached hydrogen (secondary N) is 2. The maximum Gasteiger partial charge on any atom is 0.233 e. The zero-order valence-electron chi connectivity index (χ0n) is 15.8. The topological polar surface area (TPSA) is 86.8 Å². The highest BCUT2D eigenvalue weighted by atomic mass is 19.1. The van der Waals surface area contributed by atoms with E-state index in [4.69, 9.17) is 0 Å². The Balaban J connectivity index is 1.57. The van der Waals surface area contributed by atoms with Gasteiger partial charge in [-0.1, -0.05) is 0 Å². The minimum absolute atomic E-state index is 0.0115. The van der Waals surface area contributed by atoms with Gasteiger partial charge in [0.15, 0.2) is 11.9 Å². The fraction of sp³-hybridized carbons (Fsp3) is 0.350. The van der Waals surface area contributed by atoms with E-state index in [2.05, 4.69) is 25.6 Å². The molecule has 1 unspecified atom stereocenters. The number of aliphatic hydroxyl groups excluding tert-OH is 1. The van der Waals surface area contributed by atoms with Crippen LogP contribution < -0.4 is 10.6 Å². The molecule has 1 aromatic carbocycles. The standard InChI is InChI=1S/C20H20F2N6O/c1-11-9-28-10-13(8-24-19(28)25-11)12-6-14-16(15(21)7-12)26-18(27-17(14)29)20(22)2-4-23-5-3-20/h6-10,17,23,29H,2-5H2,1H3,(H,26,27). The summed E-state index contributed by atoms with van der Waals surface area (Å²) in [5, 5.41) is 16.4. The molecule has 0 radical (unpaired) electrons. The molecule has 150 valence electrons. The van der Waals surface area contributed by atoms with Crippen molar-refractivity contribution in [1.82, 2.24) is 25.0 Å². The van der Waals surface area contributed by atoms with Crippen LogP contribution in [0.2, 0.25) is 0 Å². The Kier molecular flexibility index (Phi) is 4.11. The van der Waals surface area contributed by atoms with Crippen molar-refractivity contribution in [2.75, 3.05) is 13.1 Å². The molecule has 0 saturated carbocycles. The maximum absolute atomic E-state index is 15.3. The van der Waals surface area contributed by atoms with Gasteiger partial charge in [0.2, 0.25) is 5.78 Å². The number of aliphatic imine (C=N–C) groups is 1. The van der Waals surface area contributed by atoms with E-state index in [1.807, 2.05) is 13.1 Å². The number of rotatable bonds is 2. The van der Waals surface area contributed by atoms with E-state index in [1.165, 1.54) is 6.07 Å². The monoisotopic (exact) mass is 398 g/mol. The Morgan fingerprint density at radius 1 is 1.21 bits per heavy atom. The lowest BCUT2D eigenvalue weighted by atomic mass is 9.91. The predicted octanol–water partition coefficient (Wildman–Crippen LogP) is 2.56. The summed E-state index contributed by atoms with van der Waals surface area (Å²) >= 11 is 0. The van der Waals surface area contributed by atoms with Crippen molar-refractivity contribution in [1.29, 1.82) is 0 Å². The van der Waals surface area contributed by atoms with E-state index in [0.29, 0.717) is 30.0 Å². The van der Waals surface area contributed by atoms with Gasteiger partial charge in [0.1, 0.15) is 17.3 Å². The zero-order valence-corrected chi connectivity index (χ0v) is 15.8. The van der Waals surface area contributed by atoms with E-state index in [9.17, 15) is 9.50 Å².